The zero-order chi connectivity index (χ0) is 7.98. The van der Waals surface area contributed by atoms with Gasteiger partial charge in [-0.15, -0.1) is 0 Å². The van der Waals surface area contributed by atoms with Gasteiger partial charge >= 0.3 is 0 Å². The summed E-state index contributed by atoms with van der Waals surface area (Å²) >= 11 is 0. The minimum absolute atomic E-state index is 0.0717. The molecule has 10 heavy (non-hydrogen) atoms. The van der Waals surface area contributed by atoms with E-state index in [0.29, 0.717) is 6.61 Å². The smallest absolute Gasteiger partial charge is 0.0645 e. The van der Waals surface area contributed by atoms with Crippen LogP contribution in [0.5, 0.6) is 0 Å². The van der Waals surface area contributed by atoms with Crippen LogP contribution < -0.4 is 5.32 Å². The van der Waals surface area contributed by atoms with Crippen LogP contribution in [0.2, 0.25) is 0 Å². The van der Waals surface area contributed by atoms with Crippen LogP contribution in [0.3, 0.4) is 0 Å². The Labute approximate surface area is 62.4 Å². The van der Waals surface area contributed by atoms with Gasteiger partial charge in [-0.1, -0.05) is 0 Å². The van der Waals surface area contributed by atoms with Gasteiger partial charge in [-0.3, -0.25) is 0 Å². The first-order valence-electron chi connectivity index (χ1n) is 3.60. The highest BCUT2D eigenvalue weighted by molar-refractivity contribution is 4.60. The fraction of sp³-hybridized carbons (Fsp3) is 1.00. The summed E-state index contributed by atoms with van der Waals surface area (Å²) in [4.78, 5) is 0. The second kappa shape index (κ2) is 5.65. The Kier molecular flexibility index (Phi) is 5.58. The summed E-state index contributed by atoms with van der Waals surface area (Å²) in [5.74, 6) is 0. The van der Waals surface area contributed by atoms with Gasteiger partial charge in [-0.05, 0) is 20.9 Å². The molecule has 0 spiro atoms. The molecule has 0 fully saturated rings. The first-order chi connectivity index (χ1) is 4.70. The van der Waals surface area contributed by atoms with Crippen molar-refractivity contribution in [1.29, 1.82) is 0 Å². The Morgan fingerprint density at radius 3 is 2.40 bits per heavy atom. The van der Waals surface area contributed by atoms with Gasteiger partial charge in [-0.25, -0.2) is 0 Å². The lowest BCUT2D eigenvalue weighted by molar-refractivity contribution is 0.0491. The Balaban J connectivity index is 3.26. The van der Waals surface area contributed by atoms with Crippen LogP contribution in [-0.4, -0.2) is 37.5 Å². The zero-order valence-corrected chi connectivity index (χ0v) is 6.92. The van der Waals surface area contributed by atoms with E-state index in [0.717, 1.165) is 0 Å². The van der Waals surface area contributed by atoms with Crippen molar-refractivity contribution in [2.24, 2.45) is 0 Å². The van der Waals surface area contributed by atoms with E-state index >= 15 is 0 Å². The lowest BCUT2D eigenvalue weighted by Gasteiger charge is -2.14. The SMILES string of the molecule is CN[C@H](CO)COC(C)C. The van der Waals surface area contributed by atoms with E-state index in [9.17, 15) is 0 Å². The second-order valence-corrected chi connectivity index (χ2v) is 2.55. The van der Waals surface area contributed by atoms with Crippen molar-refractivity contribution in [2.45, 2.75) is 26.0 Å². The summed E-state index contributed by atoms with van der Waals surface area (Å²) < 4.78 is 5.26. The predicted octanol–water partition coefficient (Wildman–Crippen LogP) is -0.00830. The van der Waals surface area contributed by atoms with Crippen molar-refractivity contribution in [3.05, 3.63) is 0 Å². The Morgan fingerprint density at radius 1 is 1.50 bits per heavy atom. The van der Waals surface area contributed by atoms with Crippen LogP contribution >= 0.6 is 0 Å². The van der Waals surface area contributed by atoms with Gasteiger partial charge in [0.2, 0.25) is 0 Å². The molecule has 1 atom stereocenters. The maximum absolute atomic E-state index is 8.70. The van der Waals surface area contributed by atoms with Crippen LogP contribution in [0.4, 0.5) is 0 Å². The molecule has 0 aromatic heterocycles. The Bertz CT molecular complexity index is 72.0. The quantitative estimate of drug-likeness (QED) is 0.575. The zero-order valence-electron chi connectivity index (χ0n) is 6.92. The minimum atomic E-state index is 0.0717. The molecule has 0 bridgehead atoms. The third-order valence-electron chi connectivity index (χ3n) is 1.26. The average Bonchev–Trinajstić information content (AvgIpc) is 1.90. The topological polar surface area (TPSA) is 41.5 Å². The maximum atomic E-state index is 8.70. The highest BCUT2D eigenvalue weighted by Crippen LogP contribution is 1.90. The molecule has 0 aliphatic rings. The number of likely N-dealkylation sites (N-methyl/N-ethyl adjacent to an activating group) is 1. The largest absolute Gasteiger partial charge is 0.395 e. The lowest BCUT2D eigenvalue weighted by atomic mass is 10.3. The Morgan fingerprint density at radius 2 is 2.10 bits per heavy atom. The third kappa shape index (κ3) is 4.73. The van der Waals surface area contributed by atoms with Gasteiger partial charge in [0, 0.05) is 0 Å². The van der Waals surface area contributed by atoms with Gasteiger partial charge < -0.3 is 15.2 Å². The molecule has 62 valence electrons. The first kappa shape index (κ1) is 9.88. The van der Waals surface area contributed by atoms with E-state index in [4.69, 9.17) is 9.84 Å². The molecular weight excluding hydrogens is 130 g/mol. The van der Waals surface area contributed by atoms with E-state index in [2.05, 4.69) is 5.32 Å². The fourth-order valence-electron chi connectivity index (χ4n) is 0.536. The lowest BCUT2D eigenvalue weighted by Crippen LogP contribution is -2.34. The number of hydrogen-bond donors (Lipinski definition) is 2. The molecule has 0 saturated heterocycles. The summed E-state index contributed by atoms with van der Waals surface area (Å²) in [7, 11) is 1.81. The molecule has 0 radical (unpaired) electrons. The number of aliphatic hydroxyl groups is 1. The monoisotopic (exact) mass is 147 g/mol. The number of nitrogens with one attached hydrogen (secondary N) is 1. The van der Waals surface area contributed by atoms with Gasteiger partial charge in [0.05, 0.1) is 25.4 Å². The first-order valence-corrected chi connectivity index (χ1v) is 3.60. The molecule has 0 amide bonds. The normalized spacial score (nSPS) is 14.1. The van der Waals surface area contributed by atoms with E-state index in [-0.39, 0.29) is 18.8 Å². The van der Waals surface area contributed by atoms with Crippen LogP contribution in [0, 0.1) is 0 Å². The van der Waals surface area contributed by atoms with Crippen molar-refractivity contribution in [3.63, 3.8) is 0 Å². The predicted molar refractivity (Wildman–Crippen MR) is 41.0 cm³/mol. The van der Waals surface area contributed by atoms with Crippen LogP contribution in [0.25, 0.3) is 0 Å². The number of ether oxygens (including phenoxy) is 1. The van der Waals surface area contributed by atoms with E-state index in [1.54, 1.807) is 0 Å². The van der Waals surface area contributed by atoms with E-state index in [1.165, 1.54) is 0 Å². The molecule has 0 rings (SSSR count). The summed E-state index contributed by atoms with van der Waals surface area (Å²) in [6.45, 7) is 4.65. The van der Waals surface area contributed by atoms with Crippen molar-refractivity contribution in [2.75, 3.05) is 20.3 Å². The molecule has 0 saturated carbocycles. The second-order valence-electron chi connectivity index (χ2n) is 2.55. The number of aliphatic hydroxyl groups excluding tert-OH is 1. The van der Waals surface area contributed by atoms with E-state index in [1.807, 2.05) is 20.9 Å². The number of hydrogen-bond acceptors (Lipinski definition) is 3. The summed E-state index contributed by atoms with van der Waals surface area (Å²) in [5.41, 5.74) is 0. The standard InChI is InChI=1S/C7H17NO2/c1-6(2)10-5-7(4-9)8-3/h6-9H,4-5H2,1-3H3/t7-/m1/s1. The molecule has 0 aliphatic carbocycles. The van der Waals surface area contributed by atoms with Crippen molar-refractivity contribution in [1.82, 2.24) is 5.32 Å². The van der Waals surface area contributed by atoms with Gasteiger partial charge in [-0.2, -0.15) is 0 Å². The van der Waals surface area contributed by atoms with Gasteiger partial charge in [0.25, 0.3) is 0 Å². The van der Waals surface area contributed by atoms with Crippen LogP contribution in [0.1, 0.15) is 13.8 Å². The van der Waals surface area contributed by atoms with Crippen LogP contribution in [0.15, 0.2) is 0 Å². The van der Waals surface area contributed by atoms with Gasteiger partial charge in [0.1, 0.15) is 0 Å². The molecular formula is C7H17NO2. The summed E-state index contributed by atoms with van der Waals surface area (Å²) in [5, 5.41) is 11.6. The number of rotatable bonds is 5. The maximum Gasteiger partial charge on any atom is 0.0645 e. The minimum Gasteiger partial charge on any atom is -0.395 e. The molecule has 0 unspecified atom stereocenters. The van der Waals surface area contributed by atoms with Crippen molar-refractivity contribution < 1.29 is 9.84 Å². The highest BCUT2D eigenvalue weighted by Gasteiger charge is 2.03. The molecule has 3 heteroatoms. The molecule has 0 aromatic rings. The molecule has 0 aliphatic heterocycles. The fourth-order valence-corrected chi connectivity index (χ4v) is 0.536. The summed E-state index contributed by atoms with van der Waals surface area (Å²) in [6, 6.07) is 0.0717. The van der Waals surface area contributed by atoms with Gasteiger partial charge in [0.15, 0.2) is 0 Å². The molecule has 0 heterocycles. The van der Waals surface area contributed by atoms with Crippen molar-refractivity contribution in [3.8, 4) is 0 Å². The highest BCUT2D eigenvalue weighted by atomic mass is 16.5. The summed E-state index contributed by atoms with van der Waals surface area (Å²) in [6.07, 6.45) is 0.238. The van der Waals surface area contributed by atoms with Crippen molar-refractivity contribution >= 4 is 0 Å². The average molecular weight is 147 g/mol. The molecule has 0 aromatic carbocycles. The third-order valence-corrected chi connectivity index (χ3v) is 1.26. The molecule has 3 nitrogen and oxygen atoms in total. The van der Waals surface area contributed by atoms with Crippen LogP contribution in [-0.2, 0) is 4.74 Å². The Hall–Kier alpha value is -0.120. The van der Waals surface area contributed by atoms with E-state index < -0.39 is 0 Å². The molecule has 2 N–H and O–H groups in total.